The molecule has 1 atom stereocenters. The van der Waals surface area contributed by atoms with Crippen molar-refractivity contribution in [3.8, 4) is 0 Å². The van der Waals surface area contributed by atoms with Crippen LogP contribution in [0.25, 0.3) is 0 Å². The van der Waals surface area contributed by atoms with Crippen molar-refractivity contribution in [3.63, 3.8) is 0 Å². The molecule has 0 radical (unpaired) electrons. The summed E-state index contributed by atoms with van der Waals surface area (Å²) in [6.07, 6.45) is 12.3. The average Bonchev–Trinajstić information content (AvgIpc) is 3.31. The Hall–Kier alpha value is -2.15. The molecule has 1 aromatic heterocycles. The number of aromatic nitrogens is 1. The van der Waals surface area contributed by atoms with Crippen LogP contribution < -0.4 is 10.6 Å². The molecule has 2 N–H and O–H groups in total. The van der Waals surface area contributed by atoms with Gasteiger partial charge in [0.25, 0.3) is 0 Å². The normalized spacial score (nSPS) is 24.0. The number of amides is 3. The Bertz CT molecular complexity index is 699. The van der Waals surface area contributed by atoms with Crippen LogP contribution in [0.2, 0.25) is 0 Å². The zero-order valence-electron chi connectivity index (χ0n) is 17.9. The van der Waals surface area contributed by atoms with E-state index in [4.69, 9.17) is 0 Å². The minimum Gasteiger partial charge on any atom is -0.352 e. The van der Waals surface area contributed by atoms with Gasteiger partial charge in [0.15, 0.2) is 0 Å². The summed E-state index contributed by atoms with van der Waals surface area (Å²) in [6.45, 7) is 4.07. The highest BCUT2D eigenvalue weighted by Crippen LogP contribution is 2.25. The molecule has 7 nitrogen and oxygen atoms in total. The van der Waals surface area contributed by atoms with Gasteiger partial charge in [0.1, 0.15) is 0 Å². The molecule has 2 aliphatic heterocycles. The second kappa shape index (κ2) is 10.2. The van der Waals surface area contributed by atoms with Gasteiger partial charge in [-0.3, -0.25) is 14.7 Å². The number of carbonyl (C=O) groups is 2. The van der Waals surface area contributed by atoms with Crippen molar-refractivity contribution in [3.05, 3.63) is 30.1 Å². The van der Waals surface area contributed by atoms with E-state index >= 15 is 0 Å². The number of likely N-dealkylation sites (tertiary alicyclic amines) is 2. The quantitative estimate of drug-likeness (QED) is 0.778. The highest BCUT2D eigenvalue weighted by Gasteiger charge is 2.33. The average molecular weight is 414 g/mol. The fourth-order valence-corrected chi connectivity index (χ4v) is 5.16. The van der Waals surface area contributed by atoms with E-state index in [2.05, 4.69) is 20.5 Å². The standard InChI is InChI=1S/C23H35N5O2/c29-22(25-16-18-5-3-11-24-15-18)19-6-4-12-28(17-19)21-9-13-27(14-10-21)23(30)26-20-7-1-2-8-20/h3,5,11,15,19-21H,1-2,4,6-10,12-14,16-17H2,(H,25,29)(H,26,30)/t19-/m1/s1. The number of pyridine rings is 1. The first-order chi connectivity index (χ1) is 14.7. The summed E-state index contributed by atoms with van der Waals surface area (Å²) in [5.74, 6) is 0.205. The second-order valence-corrected chi connectivity index (χ2v) is 9.06. The first-order valence-corrected chi connectivity index (χ1v) is 11.6. The largest absolute Gasteiger partial charge is 0.352 e. The summed E-state index contributed by atoms with van der Waals surface area (Å²) in [5.41, 5.74) is 1.03. The third-order valence-corrected chi connectivity index (χ3v) is 6.96. The minimum atomic E-state index is 0.0547. The molecule has 4 rings (SSSR count). The molecule has 1 saturated carbocycles. The predicted molar refractivity (Wildman–Crippen MR) is 116 cm³/mol. The smallest absolute Gasteiger partial charge is 0.317 e. The van der Waals surface area contributed by atoms with Crippen LogP contribution in [0.4, 0.5) is 4.79 Å². The summed E-state index contributed by atoms with van der Waals surface area (Å²) >= 11 is 0. The first kappa shape index (κ1) is 21.1. The molecular formula is C23H35N5O2. The Morgan fingerprint density at radius 1 is 1.03 bits per heavy atom. The summed E-state index contributed by atoms with van der Waals surface area (Å²) in [4.78, 5) is 33.8. The molecule has 0 aromatic carbocycles. The summed E-state index contributed by atoms with van der Waals surface area (Å²) in [7, 11) is 0. The van der Waals surface area contributed by atoms with Gasteiger partial charge in [0.05, 0.1) is 5.92 Å². The van der Waals surface area contributed by atoms with Crippen LogP contribution in [0.1, 0.15) is 56.9 Å². The zero-order chi connectivity index (χ0) is 20.8. The van der Waals surface area contributed by atoms with Gasteiger partial charge in [0.2, 0.25) is 5.91 Å². The van der Waals surface area contributed by atoms with Crippen LogP contribution in [0.15, 0.2) is 24.5 Å². The van der Waals surface area contributed by atoms with Gasteiger partial charge in [-0.05, 0) is 56.7 Å². The molecule has 2 saturated heterocycles. The van der Waals surface area contributed by atoms with E-state index in [0.717, 1.165) is 70.3 Å². The van der Waals surface area contributed by atoms with Crippen molar-refractivity contribution in [2.24, 2.45) is 5.92 Å². The molecule has 3 amide bonds. The molecule has 164 valence electrons. The molecule has 7 heteroatoms. The van der Waals surface area contributed by atoms with Gasteiger partial charge >= 0.3 is 6.03 Å². The van der Waals surface area contributed by atoms with Gasteiger partial charge < -0.3 is 15.5 Å². The maximum Gasteiger partial charge on any atom is 0.317 e. The van der Waals surface area contributed by atoms with Crippen molar-refractivity contribution < 1.29 is 9.59 Å². The third-order valence-electron chi connectivity index (χ3n) is 6.96. The maximum absolute atomic E-state index is 12.7. The monoisotopic (exact) mass is 413 g/mol. The summed E-state index contributed by atoms with van der Waals surface area (Å²) in [5, 5.41) is 6.29. The molecule has 3 heterocycles. The van der Waals surface area contributed by atoms with Gasteiger partial charge in [-0.2, -0.15) is 0 Å². The van der Waals surface area contributed by atoms with Crippen LogP contribution in [-0.4, -0.2) is 65.0 Å². The number of urea groups is 1. The topological polar surface area (TPSA) is 77.6 Å². The number of carbonyl (C=O) groups excluding carboxylic acids is 2. The molecule has 0 spiro atoms. The van der Waals surface area contributed by atoms with Crippen molar-refractivity contribution in [2.45, 2.75) is 70.0 Å². The Labute approximate surface area is 179 Å². The zero-order valence-corrected chi connectivity index (χ0v) is 17.9. The third kappa shape index (κ3) is 5.50. The Morgan fingerprint density at radius 2 is 1.83 bits per heavy atom. The number of piperidine rings is 2. The van der Waals surface area contributed by atoms with Crippen LogP contribution in [0.5, 0.6) is 0 Å². The van der Waals surface area contributed by atoms with E-state index in [1.165, 1.54) is 12.8 Å². The van der Waals surface area contributed by atoms with Crippen molar-refractivity contribution >= 4 is 11.9 Å². The van der Waals surface area contributed by atoms with Crippen molar-refractivity contribution in [1.29, 1.82) is 0 Å². The molecule has 1 aromatic rings. The van der Waals surface area contributed by atoms with Crippen LogP contribution >= 0.6 is 0 Å². The Morgan fingerprint density at radius 3 is 2.57 bits per heavy atom. The minimum absolute atomic E-state index is 0.0547. The number of hydrogen-bond donors (Lipinski definition) is 2. The number of rotatable bonds is 5. The van der Waals surface area contributed by atoms with Gasteiger partial charge in [-0.15, -0.1) is 0 Å². The van der Waals surface area contributed by atoms with Crippen LogP contribution in [-0.2, 0) is 11.3 Å². The van der Waals surface area contributed by atoms with Crippen molar-refractivity contribution in [1.82, 2.24) is 25.4 Å². The first-order valence-electron chi connectivity index (χ1n) is 11.6. The molecule has 0 unspecified atom stereocenters. The molecule has 3 fully saturated rings. The highest BCUT2D eigenvalue weighted by molar-refractivity contribution is 5.79. The van der Waals surface area contributed by atoms with Crippen LogP contribution in [0, 0.1) is 5.92 Å². The fourth-order valence-electron chi connectivity index (χ4n) is 5.16. The van der Waals surface area contributed by atoms with E-state index in [9.17, 15) is 9.59 Å². The SMILES string of the molecule is O=C(NCc1cccnc1)[C@@H]1CCCN(C2CCN(C(=O)NC3CCCC3)CC2)C1. The maximum atomic E-state index is 12.7. The molecular weight excluding hydrogens is 378 g/mol. The number of nitrogens with one attached hydrogen (secondary N) is 2. The fraction of sp³-hybridized carbons (Fsp3) is 0.696. The van der Waals surface area contributed by atoms with Crippen LogP contribution in [0.3, 0.4) is 0 Å². The molecule has 3 aliphatic rings. The molecule has 30 heavy (non-hydrogen) atoms. The lowest BCUT2D eigenvalue weighted by Crippen LogP contribution is -2.53. The predicted octanol–water partition coefficient (Wildman–Crippen LogP) is 2.53. The Balaban J connectivity index is 1.21. The summed E-state index contributed by atoms with van der Waals surface area (Å²) in [6, 6.07) is 4.85. The lowest BCUT2D eigenvalue weighted by atomic mass is 9.93. The number of nitrogens with zero attached hydrogens (tertiary/aromatic N) is 3. The second-order valence-electron chi connectivity index (χ2n) is 9.06. The van der Waals surface area contributed by atoms with E-state index < -0.39 is 0 Å². The number of hydrogen-bond acceptors (Lipinski definition) is 4. The van der Waals surface area contributed by atoms with E-state index in [1.54, 1.807) is 12.4 Å². The van der Waals surface area contributed by atoms with Gasteiger partial charge in [-0.25, -0.2) is 4.79 Å². The molecule has 0 bridgehead atoms. The van der Waals surface area contributed by atoms with Gasteiger partial charge in [-0.1, -0.05) is 18.9 Å². The summed E-state index contributed by atoms with van der Waals surface area (Å²) < 4.78 is 0. The van der Waals surface area contributed by atoms with Gasteiger partial charge in [0, 0.05) is 50.7 Å². The van der Waals surface area contributed by atoms with E-state index in [0.29, 0.717) is 18.6 Å². The van der Waals surface area contributed by atoms with E-state index in [1.807, 2.05) is 17.0 Å². The molecule has 1 aliphatic carbocycles. The lowest BCUT2D eigenvalue weighted by molar-refractivity contribution is -0.127. The lowest BCUT2D eigenvalue weighted by Gasteiger charge is -2.42. The van der Waals surface area contributed by atoms with Crippen molar-refractivity contribution in [2.75, 3.05) is 26.2 Å². The van der Waals surface area contributed by atoms with E-state index in [-0.39, 0.29) is 17.9 Å². The Kier molecular flexibility index (Phi) is 7.20. The highest BCUT2D eigenvalue weighted by atomic mass is 16.2.